The summed E-state index contributed by atoms with van der Waals surface area (Å²) in [6, 6.07) is 15.5. The molecule has 0 amide bonds. The zero-order valence-electron chi connectivity index (χ0n) is 20.4. The third-order valence-corrected chi connectivity index (χ3v) is 6.57. The van der Waals surface area contributed by atoms with Crippen LogP contribution in [0, 0.1) is 0 Å². The largest absolute Gasteiger partial charge is 0.497 e. The SMILES string of the molecule is CCCOc1ccc([C@@H]2OCCn3c(-c4ccc(OC)cc4)c4c(=O)n(C)c(=O)n(C)c4c32)cc1. The van der Waals surface area contributed by atoms with E-state index in [1.807, 2.05) is 48.5 Å². The van der Waals surface area contributed by atoms with E-state index in [1.54, 1.807) is 18.7 Å². The van der Waals surface area contributed by atoms with Crippen LogP contribution in [0.15, 0.2) is 58.1 Å². The third-order valence-electron chi connectivity index (χ3n) is 6.57. The number of nitrogens with zero attached hydrogens (tertiary/aromatic N) is 3. The molecule has 8 nitrogen and oxygen atoms in total. The van der Waals surface area contributed by atoms with E-state index in [0.717, 1.165) is 45.0 Å². The zero-order chi connectivity index (χ0) is 24.7. The Labute approximate surface area is 202 Å². The molecule has 1 atom stereocenters. The van der Waals surface area contributed by atoms with E-state index < -0.39 is 6.10 Å². The Morgan fingerprint density at radius 2 is 1.66 bits per heavy atom. The van der Waals surface area contributed by atoms with Crippen molar-refractivity contribution in [2.24, 2.45) is 14.1 Å². The maximum Gasteiger partial charge on any atom is 0.331 e. The van der Waals surface area contributed by atoms with Gasteiger partial charge in [-0.1, -0.05) is 19.1 Å². The van der Waals surface area contributed by atoms with E-state index in [0.29, 0.717) is 30.7 Å². The summed E-state index contributed by atoms with van der Waals surface area (Å²) in [5.74, 6) is 1.53. The van der Waals surface area contributed by atoms with Crippen LogP contribution < -0.4 is 20.7 Å². The minimum absolute atomic E-state index is 0.321. The summed E-state index contributed by atoms with van der Waals surface area (Å²) >= 11 is 0. The van der Waals surface area contributed by atoms with Crippen molar-refractivity contribution in [3.63, 3.8) is 0 Å². The predicted octanol–water partition coefficient (Wildman–Crippen LogP) is 3.62. The fourth-order valence-corrected chi connectivity index (χ4v) is 4.84. The lowest BCUT2D eigenvalue weighted by molar-refractivity contribution is 0.0478. The molecular weight excluding hydrogens is 446 g/mol. The quantitative estimate of drug-likeness (QED) is 0.426. The number of hydrogen-bond acceptors (Lipinski definition) is 5. The first-order valence-corrected chi connectivity index (χ1v) is 11.8. The van der Waals surface area contributed by atoms with Crippen LogP contribution in [0.5, 0.6) is 11.5 Å². The Morgan fingerprint density at radius 1 is 0.971 bits per heavy atom. The molecule has 0 radical (unpaired) electrons. The maximum atomic E-state index is 13.5. The lowest BCUT2D eigenvalue weighted by atomic mass is 10.0. The number of rotatable bonds is 6. The van der Waals surface area contributed by atoms with Crippen molar-refractivity contribution in [2.75, 3.05) is 20.3 Å². The summed E-state index contributed by atoms with van der Waals surface area (Å²) in [7, 11) is 4.84. The van der Waals surface area contributed by atoms with Crippen LogP contribution in [0.4, 0.5) is 0 Å². The molecule has 5 rings (SSSR count). The molecule has 35 heavy (non-hydrogen) atoms. The lowest BCUT2D eigenvalue weighted by Crippen LogP contribution is -2.37. The minimum atomic E-state index is -0.434. The normalized spacial score (nSPS) is 15.3. The van der Waals surface area contributed by atoms with Gasteiger partial charge in [-0.25, -0.2) is 4.79 Å². The fraction of sp³-hybridized carbons (Fsp3) is 0.333. The predicted molar refractivity (Wildman–Crippen MR) is 134 cm³/mol. The van der Waals surface area contributed by atoms with E-state index >= 15 is 0 Å². The molecule has 0 N–H and O–H groups in total. The Hall–Kier alpha value is -3.78. The second-order valence-corrected chi connectivity index (χ2v) is 8.71. The molecule has 0 saturated carbocycles. The molecule has 0 saturated heterocycles. The van der Waals surface area contributed by atoms with Gasteiger partial charge in [0, 0.05) is 20.6 Å². The van der Waals surface area contributed by atoms with Crippen molar-refractivity contribution in [2.45, 2.75) is 26.0 Å². The number of aromatic nitrogens is 3. The molecule has 4 aromatic rings. The van der Waals surface area contributed by atoms with Crippen LogP contribution in [0.3, 0.4) is 0 Å². The van der Waals surface area contributed by atoms with Crippen molar-refractivity contribution in [1.29, 1.82) is 0 Å². The first-order chi connectivity index (χ1) is 17.0. The molecule has 0 fully saturated rings. The fourth-order valence-electron chi connectivity index (χ4n) is 4.84. The summed E-state index contributed by atoms with van der Waals surface area (Å²) in [6.45, 7) is 3.77. The van der Waals surface area contributed by atoms with Gasteiger partial charge in [-0.15, -0.1) is 0 Å². The number of fused-ring (bicyclic) bond motifs is 3. The van der Waals surface area contributed by atoms with Gasteiger partial charge >= 0.3 is 5.69 Å². The summed E-state index contributed by atoms with van der Waals surface area (Å²) in [5, 5.41) is 0.508. The molecule has 2 aromatic heterocycles. The van der Waals surface area contributed by atoms with Gasteiger partial charge in [0.15, 0.2) is 0 Å². The highest BCUT2D eigenvalue weighted by atomic mass is 16.5. The summed E-state index contributed by atoms with van der Waals surface area (Å²) in [4.78, 5) is 26.4. The molecule has 3 heterocycles. The molecule has 1 aliphatic rings. The summed E-state index contributed by atoms with van der Waals surface area (Å²) in [5.41, 5.74) is 3.30. The summed E-state index contributed by atoms with van der Waals surface area (Å²) in [6.07, 6.45) is 0.501. The van der Waals surface area contributed by atoms with Crippen LogP contribution in [-0.4, -0.2) is 34.0 Å². The van der Waals surface area contributed by atoms with Gasteiger partial charge in [-0.3, -0.25) is 13.9 Å². The van der Waals surface area contributed by atoms with Gasteiger partial charge in [0.1, 0.15) is 17.6 Å². The first kappa shape index (κ1) is 23.0. The Kier molecular flexibility index (Phi) is 5.98. The number of benzene rings is 2. The van der Waals surface area contributed by atoms with Gasteiger partial charge < -0.3 is 18.8 Å². The monoisotopic (exact) mass is 475 g/mol. The molecule has 0 unspecified atom stereocenters. The second kappa shape index (κ2) is 9.11. The van der Waals surface area contributed by atoms with E-state index in [2.05, 4.69) is 11.5 Å². The van der Waals surface area contributed by atoms with Gasteiger partial charge in [-0.05, 0) is 53.9 Å². The topological polar surface area (TPSA) is 76.6 Å². The van der Waals surface area contributed by atoms with E-state index in [1.165, 1.54) is 7.05 Å². The number of hydrogen-bond donors (Lipinski definition) is 0. The smallest absolute Gasteiger partial charge is 0.331 e. The van der Waals surface area contributed by atoms with Gasteiger partial charge in [0.25, 0.3) is 5.56 Å². The molecule has 0 bridgehead atoms. The van der Waals surface area contributed by atoms with Gasteiger partial charge in [0.05, 0.1) is 42.6 Å². The van der Waals surface area contributed by atoms with Crippen molar-refractivity contribution in [3.05, 3.63) is 80.6 Å². The van der Waals surface area contributed by atoms with E-state index in [9.17, 15) is 9.59 Å². The van der Waals surface area contributed by atoms with E-state index in [4.69, 9.17) is 14.2 Å². The maximum absolute atomic E-state index is 13.5. The Balaban J connectivity index is 1.77. The zero-order valence-corrected chi connectivity index (χ0v) is 20.4. The van der Waals surface area contributed by atoms with E-state index in [-0.39, 0.29) is 11.2 Å². The van der Waals surface area contributed by atoms with Crippen molar-refractivity contribution in [3.8, 4) is 22.8 Å². The number of methoxy groups -OCH3 is 1. The molecule has 1 aliphatic heterocycles. The first-order valence-electron chi connectivity index (χ1n) is 11.8. The average Bonchev–Trinajstić information content (AvgIpc) is 3.25. The highest BCUT2D eigenvalue weighted by Gasteiger charge is 2.33. The molecule has 0 aliphatic carbocycles. The van der Waals surface area contributed by atoms with Crippen LogP contribution in [-0.2, 0) is 25.4 Å². The van der Waals surface area contributed by atoms with Gasteiger partial charge in [0.2, 0.25) is 0 Å². The average molecular weight is 476 g/mol. The minimum Gasteiger partial charge on any atom is -0.497 e. The Morgan fingerprint density at radius 3 is 2.31 bits per heavy atom. The van der Waals surface area contributed by atoms with Crippen molar-refractivity contribution in [1.82, 2.24) is 13.7 Å². The lowest BCUT2D eigenvalue weighted by Gasteiger charge is -2.28. The molecule has 182 valence electrons. The second-order valence-electron chi connectivity index (χ2n) is 8.71. The molecular formula is C27H29N3O5. The van der Waals surface area contributed by atoms with Crippen molar-refractivity contribution >= 4 is 10.9 Å². The van der Waals surface area contributed by atoms with Crippen LogP contribution in [0.2, 0.25) is 0 Å². The molecule has 0 spiro atoms. The third kappa shape index (κ3) is 3.74. The van der Waals surface area contributed by atoms with Crippen LogP contribution >= 0.6 is 0 Å². The number of aryl methyl sites for hydroxylation is 1. The highest BCUT2D eigenvalue weighted by molar-refractivity contribution is 5.96. The molecule has 2 aromatic carbocycles. The summed E-state index contributed by atoms with van der Waals surface area (Å²) < 4.78 is 22.2. The Bertz CT molecular complexity index is 1490. The van der Waals surface area contributed by atoms with Crippen LogP contribution in [0.25, 0.3) is 22.2 Å². The number of ether oxygens (including phenoxy) is 3. The van der Waals surface area contributed by atoms with Crippen molar-refractivity contribution < 1.29 is 14.2 Å². The van der Waals surface area contributed by atoms with Crippen LogP contribution in [0.1, 0.15) is 30.7 Å². The van der Waals surface area contributed by atoms with Gasteiger partial charge in [-0.2, -0.15) is 0 Å². The molecule has 8 heteroatoms. The highest BCUT2D eigenvalue weighted by Crippen LogP contribution is 2.41. The standard InChI is InChI=1S/C27H29N3O5/c1-5-15-34-20-12-8-18(9-13-20)25-24-23-21(26(31)29(3)27(32)28(23)2)22(30(24)14-16-35-25)17-6-10-19(33-4)11-7-17/h6-13,25H,5,14-16H2,1-4H3/t25-/m0/s1.